The number of nitrogens with one attached hydrogen (secondary N) is 1. The van der Waals surface area contributed by atoms with Crippen molar-refractivity contribution in [3.63, 3.8) is 0 Å². The maximum absolute atomic E-state index is 12.1. The van der Waals surface area contributed by atoms with E-state index in [-0.39, 0.29) is 5.91 Å². The molecule has 0 aliphatic heterocycles. The van der Waals surface area contributed by atoms with Gasteiger partial charge in [0, 0.05) is 12.1 Å². The molecule has 2 N–H and O–H groups in total. The second-order valence-electron chi connectivity index (χ2n) is 4.43. The van der Waals surface area contributed by atoms with Crippen LogP contribution < -0.4 is 5.32 Å². The van der Waals surface area contributed by atoms with Crippen molar-refractivity contribution in [3.05, 3.63) is 71.3 Å². The predicted molar refractivity (Wildman–Crippen MR) is 74.7 cm³/mol. The highest BCUT2D eigenvalue weighted by Crippen LogP contribution is 2.17. The monoisotopic (exact) mass is 255 g/mol. The van der Waals surface area contributed by atoms with Gasteiger partial charge in [-0.1, -0.05) is 48.5 Å². The number of benzene rings is 2. The fourth-order valence-electron chi connectivity index (χ4n) is 1.94. The van der Waals surface area contributed by atoms with Crippen molar-refractivity contribution in [2.24, 2.45) is 0 Å². The third kappa shape index (κ3) is 3.42. The molecule has 0 aliphatic carbocycles. The molecular weight excluding hydrogens is 238 g/mol. The van der Waals surface area contributed by atoms with Crippen LogP contribution in [0.15, 0.2) is 54.6 Å². The standard InChI is InChI=1S/C16H17NO2/c1-12(18)14-9-5-6-10-15(14)16(19)17-11-13-7-3-2-4-8-13/h2-10,12,18H,11H2,1H3,(H,17,19). The van der Waals surface area contributed by atoms with Crippen molar-refractivity contribution in [1.82, 2.24) is 5.32 Å². The first-order chi connectivity index (χ1) is 9.18. The highest BCUT2D eigenvalue weighted by Gasteiger charge is 2.13. The molecule has 0 aromatic heterocycles. The number of amides is 1. The second kappa shape index (κ2) is 6.16. The van der Waals surface area contributed by atoms with Gasteiger partial charge in [0.2, 0.25) is 0 Å². The smallest absolute Gasteiger partial charge is 0.251 e. The van der Waals surface area contributed by atoms with Crippen molar-refractivity contribution in [2.75, 3.05) is 0 Å². The first-order valence-corrected chi connectivity index (χ1v) is 6.27. The Morgan fingerprint density at radius 2 is 1.74 bits per heavy atom. The molecule has 98 valence electrons. The quantitative estimate of drug-likeness (QED) is 0.882. The van der Waals surface area contributed by atoms with E-state index in [1.165, 1.54) is 0 Å². The van der Waals surface area contributed by atoms with Crippen molar-refractivity contribution in [1.29, 1.82) is 0 Å². The Labute approximate surface area is 112 Å². The number of aliphatic hydroxyl groups is 1. The molecule has 0 saturated heterocycles. The SMILES string of the molecule is CC(O)c1ccccc1C(=O)NCc1ccccc1. The number of aliphatic hydroxyl groups excluding tert-OH is 1. The summed E-state index contributed by atoms with van der Waals surface area (Å²) in [5, 5.41) is 12.5. The van der Waals surface area contributed by atoms with Gasteiger partial charge in [0.05, 0.1) is 6.10 Å². The number of rotatable bonds is 4. The Morgan fingerprint density at radius 1 is 1.11 bits per heavy atom. The summed E-state index contributed by atoms with van der Waals surface area (Å²) in [6.07, 6.45) is -0.654. The maximum Gasteiger partial charge on any atom is 0.251 e. The minimum atomic E-state index is -0.654. The van der Waals surface area contributed by atoms with Crippen LogP contribution in [0.4, 0.5) is 0 Å². The van der Waals surface area contributed by atoms with Crippen molar-refractivity contribution < 1.29 is 9.90 Å². The van der Waals surface area contributed by atoms with E-state index in [0.29, 0.717) is 17.7 Å². The molecule has 3 nitrogen and oxygen atoms in total. The highest BCUT2D eigenvalue weighted by molar-refractivity contribution is 5.95. The van der Waals surface area contributed by atoms with Crippen molar-refractivity contribution >= 4 is 5.91 Å². The molecule has 1 unspecified atom stereocenters. The summed E-state index contributed by atoms with van der Waals surface area (Å²) in [5.74, 6) is -0.166. The average molecular weight is 255 g/mol. The van der Waals surface area contributed by atoms with Gasteiger partial charge in [-0.15, -0.1) is 0 Å². The minimum Gasteiger partial charge on any atom is -0.389 e. The molecule has 3 heteroatoms. The lowest BCUT2D eigenvalue weighted by Crippen LogP contribution is -2.24. The Balaban J connectivity index is 2.08. The van der Waals surface area contributed by atoms with Crippen LogP contribution >= 0.6 is 0 Å². The van der Waals surface area contributed by atoms with E-state index in [1.807, 2.05) is 36.4 Å². The zero-order valence-corrected chi connectivity index (χ0v) is 10.8. The fraction of sp³-hybridized carbons (Fsp3) is 0.188. The summed E-state index contributed by atoms with van der Waals surface area (Å²) < 4.78 is 0. The largest absolute Gasteiger partial charge is 0.389 e. The molecule has 1 amide bonds. The molecule has 0 saturated carbocycles. The lowest BCUT2D eigenvalue weighted by atomic mass is 10.0. The summed E-state index contributed by atoms with van der Waals surface area (Å²) in [6, 6.07) is 16.8. The first kappa shape index (κ1) is 13.3. The van der Waals surface area contributed by atoms with Crippen LogP contribution in [-0.2, 0) is 6.54 Å². The van der Waals surface area contributed by atoms with Gasteiger partial charge in [0.15, 0.2) is 0 Å². The zero-order valence-electron chi connectivity index (χ0n) is 10.8. The van der Waals surface area contributed by atoms with E-state index >= 15 is 0 Å². The van der Waals surface area contributed by atoms with E-state index in [1.54, 1.807) is 25.1 Å². The Hall–Kier alpha value is -2.13. The third-order valence-electron chi connectivity index (χ3n) is 2.95. The molecular formula is C16H17NO2. The molecule has 0 bridgehead atoms. The molecule has 2 aromatic rings. The molecule has 0 aliphatic rings. The van der Waals surface area contributed by atoms with Crippen LogP contribution in [0.2, 0.25) is 0 Å². The van der Waals surface area contributed by atoms with E-state index in [2.05, 4.69) is 5.32 Å². The van der Waals surface area contributed by atoms with Gasteiger partial charge in [-0.05, 0) is 24.1 Å². The Morgan fingerprint density at radius 3 is 2.42 bits per heavy atom. The van der Waals surface area contributed by atoms with Gasteiger partial charge < -0.3 is 10.4 Å². The van der Waals surface area contributed by atoms with E-state index in [4.69, 9.17) is 0 Å². The normalized spacial score (nSPS) is 11.9. The molecule has 0 radical (unpaired) electrons. The lowest BCUT2D eigenvalue weighted by Gasteiger charge is -2.12. The van der Waals surface area contributed by atoms with E-state index < -0.39 is 6.10 Å². The van der Waals surface area contributed by atoms with Gasteiger partial charge in [0.25, 0.3) is 5.91 Å². The predicted octanol–water partition coefficient (Wildman–Crippen LogP) is 2.67. The van der Waals surface area contributed by atoms with E-state index in [0.717, 1.165) is 5.56 Å². The van der Waals surface area contributed by atoms with Crippen LogP contribution in [0.5, 0.6) is 0 Å². The summed E-state index contributed by atoms with van der Waals surface area (Å²) in [5.41, 5.74) is 2.21. The fourth-order valence-corrected chi connectivity index (χ4v) is 1.94. The van der Waals surface area contributed by atoms with Gasteiger partial charge in [0.1, 0.15) is 0 Å². The van der Waals surface area contributed by atoms with Gasteiger partial charge in [-0.2, -0.15) is 0 Å². The van der Waals surface area contributed by atoms with Crippen LogP contribution in [-0.4, -0.2) is 11.0 Å². The molecule has 2 rings (SSSR count). The average Bonchev–Trinajstić information content (AvgIpc) is 2.46. The Kier molecular flexibility index (Phi) is 4.31. The molecule has 0 spiro atoms. The number of hydrogen-bond donors (Lipinski definition) is 2. The topological polar surface area (TPSA) is 49.3 Å². The lowest BCUT2D eigenvalue weighted by molar-refractivity contribution is 0.0944. The molecule has 2 aromatic carbocycles. The van der Waals surface area contributed by atoms with Crippen molar-refractivity contribution in [3.8, 4) is 0 Å². The first-order valence-electron chi connectivity index (χ1n) is 6.27. The van der Waals surface area contributed by atoms with Crippen LogP contribution in [0.1, 0.15) is 34.5 Å². The van der Waals surface area contributed by atoms with Crippen LogP contribution in [0, 0.1) is 0 Å². The molecule has 0 heterocycles. The number of carbonyl (C=O) groups excluding carboxylic acids is 1. The Bertz CT molecular complexity index is 550. The molecule has 0 fully saturated rings. The molecule has 19 heavy (non-hydrogen) atoms. The summed E-state index contributed by atoms with van der Waals surface area (Å²) >= 11 is 0. The van der Waals surface area contributed by atoms with Gasteiger partial charge >= 0.3 is 0 Å². The van der Waals surface area contributed by atoms with Crippen LogP contribution in [0.3, 0.4) is 0 Å². The van der Waals surface area contributed by atoms with Gasteiger partial charge in [-0.3, -0.25) is 4.79 Å². The second-order valence-corrected chi connectivity index (χ2v) is 4.43. The maximum atomic E-state index is 12.1. The van der Waals surface area contributed by atoms with E-state index in [9.17, 15) is 9.90 Å². The number of carbonyl (C=O) groups is 1. The third-order valence-corrected chi connectivity index (χ3v) is 2.95. The summed E-state index contributed by atoms with van der Waals surface area (Å²) in [6.45, 7) is 2.14. The molecule has 1 atom stereocenters. The number of hydrogen-bond acceptors (Lipinski definition) is 2. The highest BCUT2D eigenvalue weighted by atomic mass is 16.3. The summed E-state index contributed by atoms with van der Waals surface area (Å²) in [4.78, 5) is 12.1. The summed E-state index contributed by atoms with van der Waals surface area (Å²) in [7, 11) is 0. The minimum absolute atomic E-state index is 0.166. The van der Waals surface area contributed by atoms with Crippen molar-refractivity contribution in [2.45, 2.75) is 19.6 Å². The van der Waals surface area contributed by atoms with Gasteiger partial charge in [-0.25, -0.2) is 0 Å². The zero-order chi connectivity index (χ0) is 13.7. The van der Waals surface area contributed by atoms with Crippen LogP contribution in [0.25, 0.3) is 0 Å².